The predicted octanol–water partition coefficient (Wildman–Crippen LogP) is 2.81. The van der Waals surface area contributed by atoms with Gasteiger partial charge in [0.2, 0.25) is 0 Å². The van der Waals surface area contributed by atoms with E-state index >= 15 is 0 Å². The van der Waals surface area contributed by atoms with Gasteiger partial charge in [-0.15, -0.1) is 0 Å². The molecule has 5 nitrogen and oxygen atoms in total. The van der Waals surface area contributed by atoms with Crippen LogP contribution in [-0.2, 0) is 4.74 Å². The summed E-state index contributed by atoms with van der Waals surface area (Å²) in [6.45, 7) is 0. The van der Waals surface area contributed by atoms with E-state index in [4.69, 9.17) is 9.83 Å². The third kappa shape index (κ3) is 3.16. The Labute approximate surface area is 110 Å². The Bertz CT molecular complexity index is 612. The van der Waals surface area contributed by atoms with Crippen molar-refractivity contribution in [2.75, 3.05) is 7.11 Å². The minimum Gasteiger partial charge on any atom is -0.465 e. The molecule has 0 aliphatic heterocycles. The topological polar surface area (TPSA) is 75.7 Å². The number of carbonyl (C=O) groups is 1. The first-order valence-electron chi connectivity index (χ1n) is 5.55. The van der Waals surface area contributed by atoms with Gasteiger partial charge < -0.3 is 14.6 Å². The van der Waals surface area contributed by atoms with Crippen molar-refractivity contribution in [1.29, 1.82) is 5.41 Å². The lowest BCUT2D eigenvalue weighted by Crippen LogP contribution is -1.99. The van der Waals surface area contributed by atoms with E-state index in [-0.39, 0.29) is 5.97 Å². The van der Waals surface area contributed by atoms with Crippen LogP contribution in [0.25, 0.3) is 0 Å². The summed E-state index contributed by atoms with van der Waals surface area (Å²) in [6, 6.07) is 10.1. The fraction of sp³-hybridized carbons (Fsp3) is 0.0714. The zero-order valence-corrected chi connectivity index (χ0v) is 10.3. The van der Waals surface area contributed by atoms with Crippen molar-refractivity contribution >= 4 is 24.1 Å². The second kappa shape index (κ2) is 5.77. The molecule has 0 spiro atoms. The monoisotopic (exact) mass is 256 g/mol. The molecule has 2 aromatic rings. The van der Waals surface area contributed by atoms with Gasteiger partial charge in [0.15, 0.2) is 0 Å². The van der Waals surface area contributed by atoms with E-state index < -0.39 is 0 Å². The van der Waals surface area contributed by atoms with Crippen LogP contribution in [0.4, 0.5) is 5.69 Å². The van der Waals surface area contributed by atoms with Crippen molar-refractivity contribution in [3.05, 3.63) is 53.5 Å². The first kappa shape index (κ1) is 12.8. The molecule has 0 bridgehead atoms. The minimum atomic E-state index is -0.378. The standard InChI is InChI=1S/C14H12N2O3/c1-18-14(17)10-2-4-11(5-3-10)16-9-13-7-6-12(8-15)19-13/h2-9,15H,1H3. The minimum absolute atomic E-state index is 0.378. The van der Waals surface area contributed by atoms with Crippen molar-refractivity contribution in [3.63, 3.8) is 0 Å². The first-order valence-corrected chi connectivity index (χ1v) is 5.55. The molecule has 0 fully saturated rings. The lowest BCUT2D eigenvalue weighted by Gasteiger charge is -1.98. The summed E-state index contributed by atoms with van der Waals surface area (Å²) in [5.74, 6) is 0.662. The van der Waals surface area contributed by atoms with Gasteiger partial charge in [-0.25, -0.2) is 4.79 Å². The van der Waals surface area contributed by atoms with Crippen LogP contribution >= 0.6 is 0 Å². The van der Waals surface area contributed by atoms with E-state index in [1.165, 1.54) is 7.11 Å². The molecule has 1 N–H and O–H groups in total. The highest BCUT2D eigenvalue weighted by molar-refractivity contribution is 5.89. The zero-order chi connectivity index (χ0) is 13.7. The number of furan rings is 1. The Hall–Kier alpha value is -2.69. The fourth-order valence-electron chi connectivity index (χ4n) is 1.45. The molecular formula is C14H12N2O3. The van der Waals surface area contributed by atoms with E-state index in [0.29, 0.717) is 22.8 Å². The summed E-state index contributed by atoms with van der Waals surface area (Å²) < 4.78 is 9.87. The van der Waals surface area contributed by atoms with Crippen LogP contribution in [-0.4, -0.2) is 25.5 Å². The van der Waals surface area contributed by atoms with Crippen molar-refractivity contribution in [3.8, 4) is 0 Å². The first-order chi connectivity index (χ1) is 9.22. The number of methoxy groups -OCH3 is 1. The molecule has 1 aromatic carbocycles. The van der Waals surface area contributed by atoms with Gasteiger partial charge in [0.25, 0.3) is 0 Å². The lowest BCUT2D eigenvalue weighted by molar-refractivity contribution is 0.0601. The van der Waals surface area contributed by atoms with Gasteiger partial charge in [-0.2, -0.15) is 0 Å². The molecule has 96 valence electrons. The SMILES string of the molecule is COC(=O)c1ccc(N=Cc2ccc(C=N)o2)cc1. The van der Waals surface area contributed by atoms with Crippen molar-refractivity contribution in [2.45, 2.75) is 0 Å². The van der Waals surface area contributed by atoms with Gasteiger partial charge >= 0.3 is 5.97 Å². The van der Waals surface area contributed by atoms with Gasteiger partial charge in [-0.3, -0.25) is 4.99 Å². The van der Waals surface area contributed by atoms with E-state index in [1.807, 2.05) is 0 Å². The van der Waals surface area contributed by atoms with Gasteiger partial charge in [0.1, 0.15) is 11.5 Å². The lowest BCUT2D eigenvalue weighted by atomic mass is 10.2. The molecule has 2 rings (SSSR count). The van der Waals surface area contributed by atoms with E-state index in [1.54, 1.807) is 42.6 Å². The molecular weight excluding hydrogens is 244 g/mol. The second-order valence-corrected chi connectivity index (χ2v) is 3.68. The molecule has 0 saturated heterocycles. The van der Waals surface area contributed by atoms with Crippen LogP contribution in [0.1, 0.15) is 21.9 Å². The van der Waals surface area contributed by atoms with Crippen LogP contribution in [0.3, 0.4) is 0 Å². The van der Waals surface area contributed by atoms with E-state index in [2.05, 4.69) is 9.73 Å². The average Bonchev–Trinajstić information content (AvgIpc) is 2.93. The third-order valence-corrected chi connectivity index (χ3v) is 2.42. The number of rotatable bonds is 4. The Morgan fingerprint density at radius 2 is 1.89 bits per heavy atom. The summed E-state index contributed by atoms with van der Waals surface area (Å²) in [4.78, 5) is 15.4. The van der Waals surface area contributed by atoms with Crippen molar-refractivity contribution in [1.82, 2.24) is 0 Å². The Balaban J connectivity index is 2.10. The summed E-state index contributed by atoms with van der Waals surface area (Å²) >= 11 is 0. The normalized spacial score (nSPS) is 10.6. The van der Waals surface area contributed by atoms with Crippen LogP contribution in [0.15, 0.2) is 45.8 Å². The Morgan fingerprint density at radius 1 is 1.21 bits per heavy atom. The van der Waals surface area contributed by atoms with Crippen LogP contribution in [0.2, 0.25) is 0 Å². The van der Waals surface area contributed by atoms with Gasteiger partial charge in [0.05, 0.1) is 30.8 Å². The molecule has 0 amide bonds. The number of nitrogens with zero attached hydrogens (tertiary/aromatic N) is 1. The van der Waals surface area contributed by atoms with E-state index in [9.17, 15) is 4.79 Å². The number of aliphatic imine (C=N–C) groups is 1. The van der Waals surface area contributed by atoms with Crippen LogP contribution in [0, 0.1) is 5.41 Å². The quantitative estimate of drug-likeness (QED) is 0.675. The second-order valence-electron chi connectivity index (χ2n) is 3.68. The van der Waals surface area contributed by atoms with Gasteiger partial charge in [-0.05, 0) is 36.4 Å². The predicted molar refractivity (Wildman–Crippen MR) is 71.6 cm³/mol. The maximum absolute atomic E-state index is 11.2. The highest BCUT2D eigenvalue weighted by Crippen LogP contribution is 2.14. The largest absolute Gasteiger partial charge is 0.465 e. The highest BCUT2D eigenvalue weighted by atomic mass is 16.5. The Morgan fingerprint density at radius 3 is 2.47 bits per heavy atom. The third-order valence-electron chi connectivity index (χ3n) is 2.42. The molecule has 0 saturated carbocycles. The molecule has 0 radical (unpaired) electrons. The number of benzene rings is 1. The highest BCUT2D eigenvalue weighted by Gasteiger charge is 2.03. The molecule has 0 atom stereocenters. The Kier molecular flexibility index (Phi) is 3.87. The number of esters is 1. The van der Waals surface area contributed by atoms with Crippen LogP contribution in [0.5, 0.6) is 0 Å². The van der Waals surface area contributed by atoms with E-state index in [0.717, 1.165) is 6.21 Å². The number of hydrogen-bond donors (Lipinski definition) is 1. The molecule has 1 heterocycles. The summed E-state index contributed by atoms with van der Waals surface area (Å²) in [5, 5.41) is 7.03. The van der Waals surface area contributed by atoms with Gasteiger partial charge in [-0.1, -0.05) is 0 Å². The van der Waals surface area contributed by atoms with Gasteiger partial charge in [0, 0.05) is 0 Å². The van der Waals surface area contributed by atoms with Crippen molar-refractivity contribution < 1.29 is 13.9 Å². The smallest absolute Gasteiger partial charge is 0.337 e. The molecule has 1 aromatic heterocycles. The number of carbonyl (C=O) groups excluding carboxylic acids is 1. The number of ether oxygens (including phenoxy) is 1. The maximum Gasteiger partial charge on any atom is 0.337 e. The zero-order valence-electron chi connectivity index (χ0n) is 10.3. The van der Waals surface area contributed by atoms with Crippen LogP contribution < -0.4 is 0 Å². The fourth-order valence-corrected chi connectivity index (χ4v) is 1.45. The average molecular weight is 256 g/mol. The molecule has 19 heavy (non-hydrogen) atoms. The molecule has 0 aliphatic rings. The summed E-state index contributed by atoms with van der Waals surface area (Å²) in [7, 11) is 1.34. The van der Waals surface area contributed by atoms with Crippen molar-refractivity contribution in [2.24, 2.45) is 4.99 Å². The molecule has 0 aliphatic carbocycles. The summed E-state index contributed by atoms with van der Waals surface area (Å²) in [5.41, 5.74) is 1.17. The summed E-state index contributed by atoms with van der Waals surface area (Å²) in [6.07, 6.45) is 2.68. The molecule has 0 unspecified atom stereocenters. The maximum atomic E-state index is 11.2. The molecule has 5 heteroatoms. The number of hydrogen-bond acceptors (Lipinski definition) is 5. The number of nitrogens with one attached hydrogen (secondary N) is 1.